The fraction of sp³-hybridized carbons (Fsp3) is 0.312. The second kappa shape index (κ2) is 7.87. The van der Waals surface area contributed by atoms with E-state index < -0.39 is 23.5 Å². The standard InChI is InChI=1S/C16H19N3O4S/c1-11(2)12-4-7-15(18-8-12)24(22)19(10-16(20)21)13-5-6-14(23-3)17-9-13/h4-9,11H,10H2,1-3H3,(H,20,21). The summed E-state index contributed by atoms with van der Waals surface area (Å²) in [6, 6.07) is 6.68. The number of carboxylic acid groups (broad SMARTS) is 1. The highest BCUT2D eigenvalue weighted by Gasteiger charge is 2.21. The fourth-order valence-corrected chi connectivity index (χ4v) is 3.04. The third-order valence-corrected chi connectivity index (χ3v) is 4.64. The van der Waals surface area contributed by atoms with Crippen molar-refractivity contribution in [1.82, 2.24) is 9.97 Å². The first kappa shape index (κ1) is 17.9. The largest absolute Gasteiger partial charge is 0.481 e. The molecule has 2 aromatic rings. The summed E-state index contributed by atoms with van der Waals surface area (Å²) in [7, 11) is -0.281. The smallest absolute Gasteiger partial charge is 0.324 e. The average molecular weight is 349 g/mol. The molecule has 0 bridgehead atoms. The molecular weight excluding hydrogens is 330 g/mol. The lowest BCUT2D eigenvalue weighted by Gasteiger charge is -2.21. The number of carbonyl (C=O) groups is 1. The van der Waals surface area contributed by atoms with Crippen LogP contribution in [0.4, 0.5) is 5.69 Å². The predicted octanol–water partition coefficient (Wildman–Crippen LogP) is 2.22. The van der Waals surface area contributed by atoms with Crippen molar-refractivity contribution in [2.24, 2.45) is 0 Å². The lowest BCUT2D eigenvalue weighted by atomic mass is 10.1. The van der Waals surface area contributed by atoms with E-state index in [2.05, 4.69) is 9.97 Å². The zero-order chi connectivity index (χ0) is 17.7. The van der Waals surface area contributed by atoms with Crippen LogP contribution >= 0.6 is 0 Å². The molecule has 2 heterocycles. The molecule has 8 heteroatoms. The van der Waals surface area contributed by atoms with E-state index in [-0.39, 0.29) is 5.03 Å². The van der Waals surface area contributed by atoms with Crippen molar-refractivity contribution in [2.75, 3.05) is 18.0 Å². The van der Waals surface area contributed by atoms with Crippen molar-refractivity contribution >= 4 is 22.6 Å². The van der Waals surface area contributed by atoms with Crippen LogP contribution in [0.2, 0.25) is 0 Å². The summed E-state index contributed by atoms with van der Waals surface area (Å²) in [5, 5.41) is 9.41. The van der Waals surface area contributed by atoms with Gasteiger partial charge in [0.05, 0.1) is 19.0 Å². The molecular formula is C16H19N3O4S. The van der Waals surface area contributed by atoms with Gasteiger partial charge in [0.2, 0.25) is 5.88 Å². The van der Waals surface area contributed by atoms with Crippen LogP contribution in [0, 0.1) is 0 Å². The maximum absolute atomic E-state index is 12.8. The minimum atomic E-state index is -1.76. The molecule has 0 aromatic carbocycles. The Morgan fingerprint density at radius 2 is 2.00 bits per heavy atom. The topological polar surface area (TPSA) is 92.6 Å². The van der Waals surface area contributed by atoms with Gasteiger partial charge >= 0.3 is 5.97 Å². The number of rotatable bonds is 7. The third-order valence-electron chi connectivity index (χ3n) is 3.30. The van der Waals surface area contributed by atoms with Crippen molar-refractivity contribution in [3.05, 3.63) is 42.2 Å². The monoisotopic (exact) mass is 349 g/mol. The highest BCUT2D eigenvalue weighted by molar-refractivity contribution is 7.86. The number of aliphatic carboxylic acids is 1. The van der Waals surface area contributed by atoms with Crippen molar-refractivity contribution in [3.8, 4) is 5.88 Å². The van der Waals surface area contributed by atoms with E-state index in [0.29, 0.717) is 17.5 Å². The van der Waals surface area contributed by atoms with E-state index in [4.69, 9.17) is 9.84 Å². The van der Waals surface area contributed by atoms with Gasteiger partial charge in [-0.1, -0.05) is 19.9 Å². The van der Waals surface area contributed by atoms with Crippen molar-refractivity contribution in [3.63, 3.8) is 0 Å². The average Bonchev–Trinajstić information content (AvgIpc) is 2.59. The van der Waals surface area contributed by atoms with Crippen molar-refractivity contribution in [1.29, 1.82) is 0 Å². The normalized spacial score (nSPS) is 12.0. The molecule has 0 aliphatic heterocycles. The zero-order valence-electron chi connectivity index (χ0n) is 13.7. The molecule has 0 aliphatic carbocycles. The number of methoxy groups -OCH3 is 1. The van der Waals surface area contributed by atoms with Crippen LogP contribution in [0.5, 0.6) is 5.88 Å². The molecule has 0 amide bonds. The van der Waals surface area contributed by atoms with E-state index in [1.807, 2.05) is 19.9 Å². The highest BCUT2D eigenvalue weighted by Crippen LogP contribution is 2.21. The molecule has 0 radical (unpaired) electrons. The quantitative estimate of drug-likeness (QED) is 0.824. The Morgan fingerprint density at radius 1 is 1.25 bits per heavy atom. The Balaban J connectivity index is 2.31. The summed E-state index contributed by atoms with van der Waals surface area (Å²) in [5.41, 5.74) is 1.43. The zero-order valence-corrected chi connectivity index (χ0v) is 14.5. The molecule has 2 aromatic heterocycles. The molecule has 0 saturated heterocycles. The number of anilines is 1. The number of hydrogen-bond donors (Lipinski definition) is 1. The first-order chi connectivity index (χ1) is 11.4. The van der Waals surface area contributed by atoms with Gasteiger partial charge < -0.3 is 9.84 Å². The minimum Gasteiger partial charge on any atom is -0.481 e. The van der Waals surface area contributed by atoms with E-state index in [1.54, 1.807) is 24.4 Å². The van der Waals surface area contributed by atoms with Gasteiger partial charge in [-0.05, 0) is 23.6 Å². The number of hydrogen-bond acceptors (Lipinski definition) is 5. The summed E-state index contributed by atoms with van der Waals surface area (Å²) in [6.07, 6.45) is 3.07. The Labute approximate surface area is 142 Å². The summed E-state index contributed by atoms with van der Waals surface area (Å²) < 4.78 is 19.0. The second-order valence-corrected chi connectivity index (χ2v) is 6.68. The van der Waals surface area contributed by atoms with Gasteiger partial charge in [-0.25, -0.2) is 14.2 Å². The number of aromatic nitrogens is 2. The molecule has 1 N–H and O–H groups in total. The fourth-order valence-electron chi connectivity index (χ4n) is 1.96. The van der Waals surface area contributed by atoms with Crippen molar-refractivity contribution < 1.29 is 18.8 Å². The molecule has 7 nitrogen and oxygen atoms in total. The predicted molar refractivity (Wildman–Crippen MR) is 90.5 cm³/mol. The third kappa shape index (κ3) is 4.29. The number of carboxylic acids is 1. The van der Waals surface area contributed by atoms with E-state index >= 15 is 0 Å². The molecule has 0 spiro atoms. The Morgan fingerprint density at radius 3 is 2.46 bits per heavy atom. The molecule has 1 unspecified atom stereocenters. The van der Waals surface area contributed by atoms with Gasteiger partial charge in [0.1, 0.15) is 11.6 Å². The van der Waals surface area contributed by atoms with Crippen LogP contribution in [0.25, 0.3) is 0 Å². The number of nitrogens with zero attached hydrogens (tertiary/aromatic N) is 3. The Kier molecular flexibility index (Phi) is 5.86. The molecule has 0 fully saturated rings. The Hall–Kier alpha value is -2.48. The first-order valence-corrected chi connectivity index (χ1v) is 8.40. The summed E-state index contributed by atoms with van der Waals surface area (Å²) in [5.74, 6) is -0.405. The second-order valence-electron chi connectivity index (χ2n) is 5.32. The molecule has 24 heavy (non-hydrogen) atoms. The number of pyridine rings is 2. The Bertz CT molecular complexity index is 717. The van der Waals surface area contributed by atoms with Gasteiger partial charge in [0.25, 0.3) is 0 Å². The van der Waals surface area contributed by atoms with Crippen LogP contribution in [-0.4, -0.2) is 38.9 Å². The van der Waals surface area contributed by atoms with Crippen molar-refractivity contribution in [2.45, 2.75) is 24.8 Å². The van der Waals surface area contributed by atoms with Gasteiger partial charge in [-0.15, -0.1) is 0 Å². The van der Waals surface area contributed by atoms with Crippen LogP contribution in [0.3, 0.4) is 0 Å². The van der Waals surface area contributed by atoms with Crippen LogP contribution in [-0.2, 0) is 15.8 Å². The SMILES string of the molecule is COc1ccc(N(CC(=O)O)S(=O)c2ccc(C(C)C)cn2)cn1. The van der Waals surface area contributed by atoms with E-state index in [9.17, 15) is 9.00 Å². The molecule has 2 rings (SSSR count). The maximum atomic E-state index is 12.8. The summed E-state index contributed by atoms with van der Waals surface area (Å²) >= 11 is 0. The van der Waals surface area contributed by atoms with Crippen LogP contribution < -0.4 is 9.04 Å². The van der Waals surface area contributed by atoms with Crippen LogP contribution in [0.1, 0.15) is 25.3 Å². The van der Waals surface area contributed by atoms with Gasteiger partial charge in [0, 0.05) is 12.3 Å². The van der Waals surface area contributed by atoms with Gasteiger partial charge in [-0.3, -0.25) is 9.10 Å². The summed E-state index contributed by atoms with van der Waals surface area (Å²) in [6.45, 7) is 3.63. The maximum Gasteiger partial charge on any atom is 0.324 e. The number of ether oxygens (including phenoxy) is 1. The first-order valence-electron chi connectivity index (χ1n) is 7.29. The highest BCUT2D eigenvalue weighted by atomic mass is 32.2. The van der Waals surface area contributed by atoms with Gasteiger partial charge in [0.15, 0.2) is 11.0 Å². The molecule has 0 aliphatic rings. The lowest BCUT2D eigenvalue weighted by molar-refractivity contribution is -0.135. The lowest BCUT2D eigenvalue weighted by Crippen LogP contribution is -2.32. The summed E-state index contributed by atoms with van der Waals surface area (Å²) in [4.78, 5) is 19.4. The molecule has 128 valence electrons. The molecule has 0 saturated carbocycles. The molecule has 1 atom stereocenters. The van der Waals surface area contributed by atoms with E-state index in [0.717, 1.165) is 5.56 Å². The minimum absolute atomic E-state index is 0.288. The van der Waals surface area contributed by atoms with Crippen LogP contribution in [0.15, 0.2) is 41.7 Å². The van der Waals surface area contributed by atoms with E-state index in [1.165, 1.54) is 17.6 Å². The van der Waals surface area contributed by atoms with Gasteiger partial charge in [-0.2, -0.15) is 0 Å².